The summed E-state index contributed by atoms with van der Waals surface area (Å²) in [6.45, 7) is 8.49. The van der Waals surface area contributed by atoms with E-state index in [-0.39, 0.29) is 5.56 Å². The smallest absolute Gasteiger partial charge is 0.262 e. The highest BCUT2D eigenvalue weighted by Crippen LogP contribution is 2.55. The normalized spacial score (nSPS) is 13.8. The second-order valence-corrected chi connectivity index (χ2v) is 7.46. The number of halogens is 3. The number of nitrogens with zero attached hydrogens (tertiary/aromatic N) is 3. The van der Waals surface area contributed by atoms with E-state index in [1.165, 1.54) is 33.6 Å². The molecule has 0 bridgehead atoms. The standard InChI is InChI=1S/C16H25F3N3OP/c1-5-21(6-2)24(23,22(7-3)8-4)20-15(16(17,18)19)14-12-10-9-11-13-14/h9-13H,5-8H2,1-4H3. The lowest BCUT2D eigenvalue weighted by atomic mass is 10.1. The maximum absolute atomic E-state index is 13.6. The minimum absolute atomic E-state index is 0.0791. The summed E-state index contributed by atoms with van der Waals surface area (Å²) in [7, 11) is -3.72. The lowest BCUT2D eigenvalue weighted by molar-refractivity contribution is -0.0579. The molecular weight excluding hydrogens is 338 g/mol. The molecule has 1 aromatic carbocycles. The molecule has 0 unspecified atom stereocenters. The second-order valence-electron chi connectivity index (χ2n) is 5.10. The fourth-order valence-electron chi connectivity index (χ4n) is 2.49. The summed E-state index contributed by atoms with van der Waals surface area (Å²) >= 11 is 0. The van der Waals surface area contributed by atoms with Gasteiger partial charge in [-0.2, -0.15) is 17.9 Å². The van der Waals surface area contributed by atoms with Crippen LogP contribution in [0.15, 0.2) is 35.1 Å². The molecule has 0 heterocycles. The maximum atomic E-state index is 13.6. The Balaban J connectivity index is 3.59. The monoisotopic (exact) mass is 363 g/mol. The zero-order valence-electron chi connectivity index (χ0n) is 14.5. The molecule has 0 atom stereocenters. The Labute approximate surface area is 141 Å². The third-order valence-corrected chi connectivity index (χ3v) is 6.81. The van der Waals surface area contributed by atoms with Gasteiger partial charge in [-0.05, 0) is 0 Å². The van der Waals surface area contributed by atoms with Gasteiger partial charge in [0.2, 0.25) is 0 Å². The van der Waals surface area contributed by atoms with Gasteiger partial charge < -0.3 is 0 Å². The molecule has 0 aliphatic rings. The topological polar surface area (TPSA) is 35.9 Å². The molecule has 136 valence electrons. The second kappa shape index (κ2) is 8.79. The van der Waals surface area contributed by atoms with Gasteiger partial charge in [-0.25, -0.2) is 9.34 Å². The van der Waals surface area contributed by atoms with Gasteiger partial charge in [0.1, 0.15) is 0 Å². The van der Waals surface area contributed by atoms with Gasteiger partial charge in [-0.15, -0.1) is 0 Å². The molecule has 0 saturated heterocycles. The van der Waals surface area contributed by atoms with Crippen LogP contribution in [0.2, 0.25) is 0 Å². The Hall–Kier alpha value is -1.17. The third-order valence-electron chi connectivity index (χ3n) is 3.74. The van der Waals surface area contributed by atoms with Gasteiger partial charge in [0.25, 0.3) is 0 Å². The fraction of sp³-hybridized carbons (Fsp3) is 0.562. The van der Waals surface area contributed by atoms with Gasteiger partial charge in [-0.3, -0.25) is 4.57 Å². The van der Waals surface area contributed by atoms with E-state index in [4.69, 9.17) is 0 Å². The minimum Gasteiger partial charge on any atom is -0.262 e. The van der Waals surface area contributed by atoms with Crippen molar-refractivity contribution in [2.45, 2.75) is 33.9 Å². The Bertz CT molecular complexity index is 566. The summed E-state index contributed by atoms with van der Waals surface area (Å²) in [5.41, 5.74) is -1.17. The van der Waals surface area contributed by atoms with Crippen molar-refractivity contribution in [2.75, 3.05) is 26.2 Å². The summed E-state index contributed by atoms with van der Waals surface area (Å²) in [4.78, 5) is 0. The largest absolute Gasteiger partial charge is 0.434 e. The van der Waals surface area contributed by atoms with Crippen molar-refractivity contribution in [2.24, 2.45) is 4.76 Å². The Kier molecular flexibility index (Phi) is 7.64. The first-order valence-electron chi connectivity index (χ1n) is 8.08. The number of rotatable bonds is 8. The van der Waals surface area contributed by atoms with Gasteiger partial charge in [-0.1, -0.05) is 58.0 Å². The van der Waals surface area contributed by atoms with E-state index in [1.54, 1.807) is 33.8 Å². The molecule has 0 spiro atoms. The average Bonchev–Trinajstić information content (AvgIpc) is 2.54. The van der Waals surface area contributed by atoms with E-state index in [1.807, 2.05) is 0 Å². The molecule has 0 fully saturated rings. The SMILES string of the molecule is CCN(CC)P(=O)(N=C(c1ccccc1)C(F)(F)F)N(CC)CC. The first kappa shape index (κ1) is 20.9. The molecule has 1 rings (SSSR count). The van der Waals surface area contributed by atoms with Gasteiger partial charge in [0, 0.05) is 31.7 Å². The van der Waals surface area contributed by atoms with Crippen molar-refractivity contribution in [3.05, 3.63) is 35.9 Å². The van der Waals surface area contributed by atoms with Crippen LogP contribution in [0.3, 0.4) is 0 Å². The molecule has 0 aliphatic heterocycles. The van der Waals surface area contributed by atoms with Gasteiger partial charge in [0.15, 0.2) is 5.71 Å². The predicted molar refractivity (Wildman–Crippen MR) is 92.5 cm³/mol. The van der Waals surface area contributed by atoms with Crippen LogP contribution in [0, 0.1) is 0 Å². The van der Waals surface area contributed by atoms with E-state index in [2.05, 4.69) is 4.76 Å². The minimum atomic E-state index is -4.68. The number of benzene rings is 1. The molecule has 4 nitrogen and oxygen atoms in total. The van der Waals surface area contributed by atoms with Crippen LogP contribution in [0.25, 0.3) is 0 Å². The van der Waals surface area contributed by atoms with E-state index in [0.29, 0.717) is 26.2 Å². The molecular formula is C16H25F3N3OP. The summed E-state index contributed by atoms with van der Waals surface area (Å²) < 4.78 is 61.2. The van der Waals surface area contributed by atoms with Crippen LogP contribution in [-0.4, -0.2) is 47.4 Å². The van der Waals surface area contributed by atoms with Crippen molar-refractivity contribution in [1.29, 1.82) is 0 Å². The van der Waals surface area contributed by atoms with Crippen LogP contribution in [-0.2, 0) is 4.57 Å². The molecule has 0 saturated carbocycles. The number of hydrogen-bond donors (Lipinski definition) is 0. The molecule has 0 aliphatic carbocycles. The fourth-order valence-corrected chi connectivity index (χ4v) is 5.07. The highest BCUT2D eigenvalue weighted by Gasteiger charge is 2.42. The van der Waals surface area contributed by atoms with Crippen LogP contribution in [0.1, 0.15) is 33.3 Å². The predicted octanol–water partition coefficient (Wildman–Crippen LogP) is 4.83. The quantitative estimate of drug-likeness (QED) is 0.490. The van der Waals surface area contributed by atoms with Crippen molar-refractivity contribution < 1.29 is 17.7 Å². The molecule has 1 aromatic rings. The molecule has 8 heteroatoms. The Morgan fingerprint density at radius 3 is 1.71 bits per heavy atom. The summed E-state index contributed by atoms with van der Waals surface area (Å²) in [6, 6.07) is 7.32. The molecule has 0 N–H and O–H groups in total. The van der Waals surface area contributed by atoms with Crippen LogP contribution < -0.4 is 0 Å². The molecule has 0 amide bonds. The summed E-state index contributed by atoms with van der Waals surface area (Å²) in [5.74, 6) is 0. The summed E-state index contributed by atoms with van der Waals surface area (Å²) in [6.07, 6.45) is -4.68. The highest BCUT2D eigenvalue weighted by molar-refractivity contribution is 7.57. The first-order chi connectivity index (χ1) is 11.2. The molecule has 0 radical (unpaired) electrons. The van der Waals surface area contributed by atoms with Crippen LogP contribution in [0.4, 0.5) is 13.2 Å². The zero-order valence-corrected chi connectivity index (χ0v) is 15.4. The molecule has 0 aromatic heterocycles. The highest BCUT2D eigenvalue weighted by atomic mass is 31.2. The molecule has 24 heavy (non-hydrogen) atoms. The third kappa shape index (κ3) is 4.68. The van der Waals surface area contributed by atoms with Gasteiger partial charge >= 0.3 is 13.8 Å². The van der Waals surface area contributed by atoms with Crippen molar-refractivity contribution in [3.8, 4) is 0 Å². The van der Waals surface area contributed by atoms with E-state index in [9.17, 15) is 17.7 Å². The van der Waals surface area contributed by atoms with Crippen LogP contribution in [0.5, 0.6) is 0 Å². The Morgan fingerprint density at radius 2 is 1.38 bits per heavy atom. The van der Waals surface area contributed by atoms with Crippen molar-refractivity contribution >= 4 is 13.3 Å². The number of alkyl halides is 3. The van der Waals surface area contributed by atoms with E-state index in [0.717, 1.165) is 0 Å². The van der Waals surface area contributed by atoms with Crippen LogP contribution >= 0.6 is 7.59 Å². The van der Waals surface area contributed by atoms with E-state index >= 15 is 0 Å². The Morgan fingerprint density at radius 1 is 0.958 bits per heavy atom. The average molecular weight is 363 g/mol. The van der Waals surface area contributed by atoms with Gasteiger partial charge in [0.05, 0.1) is 0 Å². The van der Waals surface area contributed by atoms with E-state index < -0.39 is 19.5 Å². The zero-order chi connectivity index (χ0) is 18.4. The number of hydrogen-bond acceptors (Lipinski definition) is 1. The van der Waals surface area contributed by atoms with Crippen molar-refractivity contribution in [1.82, 2.24) is 9.34 Å². The van der Waals surface area contributed by atoms with Crippen molar-refractivity contribution in [3.63, 3.8) is 0 Å². The summed E-state index contributed by atoms with van der Waals surface area (Å²) in [5, 5.41) is 0. The lowest BCUT2D eigenvalue weighted by Gasteiger charge is -2.34. The first-order valence-corrected chi connectivity index (χ1v) is 9.64. The maximum Gasteiger partial charge on any atom is 0.434 e. The lowest BCUT2D eigenvalue weighted by Crippen LogP contribution is -2.33.